The number of rotatable bonds is 3. The zero-order chi connectivity index (χ0) is 21.0. The first-order valence-electron chi connectivity index (χ1n) is 11.1. The van der Waals surface area contributed by atoms with Gasteiger partial charge in [0.05, 0.1) is 12.7 Å². The first-order valence-corrected chi connectivity index (χ1v) is 11.1. The maximum absolute atomic E-state index is 12.9. The number of nitrogens with zero attached hydrogens (tertiary/aromatic N) is 5. The van der Waals surface area contributed by atoms with Gasteiger partial charge < -0.3 is 19.9 Å². The van der Waals surface area contributed by atoms with Gasteiger partial charge in [-0.15, -0.1) is 0 Å². The van der Waals surface area contributed by atoms with Crippen molar-refractivity contribution >= 4 is 17.4 Å². The number of amides is 1. The van der Waals surface area contributed by atoms with Crippen LogP contribution >= 0.6 is 0 Å². The van der Waals surface area contributed by atoms with Crippen LogP contribution < -0.4 is 10.1 Å². The highest BCUT2D eigenvalue weighted by Gasteiger charge is 2.18. The second kappa shape index (κ2) is 8.93. The Labute approximate surface area is 181 Å². The molecule has 1 N–H and O–H groups in total. The molecule has 2 aliphatic rings. The van der Waals surface area contributed by atoms with Crippen LogP contribution in [0.4, 0.5) is 5.82 Å². The third kappa shape index (κ3) is 4.49. The van der Waals surface area contributed by atoms with Gasteiger partial charge in [0, 0.05) is 37.8 Å². The zero-order valence-corrected chi connectivity index (χ0v) is 17.7. The van der Waals surface area contributed by atoms with E-state index < -0.39 is 0 Å². The summed E-state index contributed by atoms with van der Waals surface area (Å²) >= 11 is 0. The molecule has 0 radical (unpaired) electrons. The third-order valence-electron chi connectivity index (χ3n) is 6.03. The second-order valence-corrected chi connectivity index (χ2v) is 8.12. The van der Waals surface area contributed by atoms with E-state index in [9.17, 15) is 4.79 Å². The lowest BCUT2D eigenvalue weighted by molar-refractivity contribution is -0.131. The van der Waals surface area contributed by atoms with Gasteiger partial charge in [0.2, 0.25) is 5.91 Å². The molecule has 0 spiro atoms. The molecule has 162 valence electrons. The number of hydrogen-bond donors (Lipinski definition) is 1. The highest BCUT2D eigenvalue weighted by atomic mass is 16.5. The number of benzene rings is 1. The lowest BCUT2D eigenvalue weighted by atomic mass is 10.1. The Morgan fingerprint density at radius 2 is 2.03 bits per heavy atom. The molecule has 0 aliphatic carbocycles. The molecule has 2 aromatic heterocycles. The molecule has 1 fully saturated rings. The zero-order valence-electron chi connectivity index (χ0n) is 17.7. The normalized spacial score (nSPS) is 17.4. The minimum absolute atomic E-state index is 0.180. The van der Waals surface area contributed by atoms with Gasteiger partial charge in [-0.2, -0.15) is 5.10 Å². The van der Waals surface area contributed by atoms with Gasteiger partial charge in [-0.05, 0) is 49.7 Å². The van der Waals surface area contributed by atoms with Crippen molar-refractivity contribution in [2.75, 3.05) is 51.2 Å². The molecular formula is C23H28N6O2. The third-order valence-corrected chi connectivity index (χ3v) is 6.03. The maximum atomic E-state index is 12.9. The summed E-state index contributed by atoms with van der Waals surface area (Å²) in [6, 6.07) is 9.87. The molecule has 0 saturated carbocycles. The fourth-order valence-corrected chi connectivity index (χ4v) is 4.30. The Bertz CT molecular complexity index is 1060. The molecule has 5 rings (SSSR count). The van der Waals surface area contributed by atoms with Crippen molar-refractivity contribution in [3.05, 3.63) is 42.7 Å². The number of aromatic nitrogens is 3. The number of ether oxygens (including phenoxy) is 1. The SMILES string of the molecule is O=C(CCN1CCCC1)N1CCNc2ccn3ncc(c3n2)-c2cccc(c2)OCC1. The quantitative estimate of drug-likeness (QED) is 0.702. The molecule has 1 aromatic carbocycles. The van der Waals surface area contributed by atoms with E-state index in [0.717, 1.165) is 48.0 Å². The van der Waals surface area contributed by atoms with Gasteiger partial charge >= 0.3 is 0 Å². The van der Waals surface area contributed by atoms with E-state index in [1.54, 1.807) is 4.52 Å². The Kier molecular flexibility index (Phi) is 5.71. The van der Waals surface area contributed by atoms with E-state index in [0.29, 0.717) is 32.7 Å². The molecule has 4 bridgehead atoms. The summed E-state index contributed by atoms with van der Waals surface area (Å²) in [7, 11) is 0. The second-order valence-electron chi connectivity index (χ2n) is 8.12. The van der Waals surface area contributed by atoms with Crippen LogP contribution in [0.1, 0.15) is 19.3 Å². The minimum Gasteiger partial charge on any atom is -0.492 e. The predicted octanol–water partition coefficient (Wildman–Crippen LogP) is 2.52. The molecular weight excluding hydrogens is 392 g/mol. The maximum Gasteiger partial charge on any atom is 0.224 e. The summed E-state index contributed by atoms with van der Waals surface area (Å²) in [4.78, 5) is 22.0. The molecule has 8 nitrogen and oxygen atoms in total. The average Bonchev–Trinajstić information content (AvgIpc) is 3.46. The minimum atomic E-state index is 0.180. The smallest absolute Gasteiger partial charge is 0.224 e. The molecule has 2 aliphatic heterocycles. The van der Waals surface area contributed by atoms with Crippen molar-refractivity contribution in [3.63, 3.8) is 0 Å². The van der Waals surface area contributed by atoms with Gasteiger partial charge in [0.25, 0.3) is 0 Å². The number of likely N-dealkylation sites (tertiary alicyclic amines) is 1. The summed E-state index contributed by atoms with van der Waals surface area (Å²) in [5.41, 5.74) is 2.76. The van der Waals surface area contributed by atoms with E-state index in [4.69, 9.17) is 9.72 Å². The van der Waals surface area contributed by atoms with Crippen LogP contribution in [0, 0.1) is 0 Å². The van der Waals surface area contributed by atoms with Crippen LogP contribution in [0.25, 0.3) is 16.8 Å². The molecule has 0 atom stereocenters. The average molecular weight is 421 g/mol. The van der Waals surface area contributed by atoms with Crippen molar-refractivity contribution in [2.45, 2.75) is 19.3 Å². The van der Waals surface area contributed by atoms with E-state index in [2.05, 4.69) is 15.3 Å². The number of carbonyl (C=O) groups is 1. The van der Waals surface area contributed by atoms with E-state index in [1.165, 1.54) is 12.8 Å². The first kappa shape index (κ1) is 19.8. The van der Waals surface area contributed by atoms with Crippen molar-refractivity contribution in [2.24, 2.45) is 0 Å². The molecule has 4 heterocycles. The summed E-state index contributed by atoms with van der Waals surface area (Å²) in [5, 5.41) is 7.79. The predicted molar refractivity (Wildman–Crippen MR) is 119 cm³/mol. The lowest BCUT2D eigenvalue weighted by Crippen LogP contribution is -2.39. The molecule has 0 unspecified atom stereocenters. The molecule has 8 heteroatoms. The number of fused-ring (bicyclic) bond motifs is 4. The fourth-order valence-electron chi connectivity index (χ4n) is 4.30. The molecule has 3 aromatic rings. The molecule has 1 amide bonds. The van der Waals surface area contributed by atoms with Crippen LogP contribution in [-0.4, -0.2) is 76.2 Å². The Morgan fingerprint density at radius 1 is 1.13 bits per heavy atom. The number of hydrogen-bond acceptors (Lipinski definition) is 6. The monoisotopic (exact) mass is 420 g/mol. The van der Waals surface area contributed by atoms with E-state index >= 15 is 0 Å². The summed E-state index contributed by atoms with van der Waals surface area (Å²) < 4.78 is 7.78. The Hall–Kier alpha value is -3.13. The summed E-state index contributed by atoms with van der Waals surface area (Å²) in [6.07, 6.45) is 6.77. The topological polar surface area (TPSA) is 75.0 Å². The molecule has 1 saturated heterocycles. The largest absolute Gasteiger partial charge is 0.492 e. The lowest BCUT2D eigenvalue weighted by Gasteiger charge is -2.24. The van der Waals surface area contributed by atoms with Crippen LogP contribution in [-0.2, 0) is 4.79 Å². The van der Waals surface area contributed by atoms with Crippen molar-refractivity contribution in [1.82, 2.24) is 24.4 Å². The molecule has 31 heavy (non-hydrogen) atoms. The van der Waals surface area contributed by atoms with E-state index in [-0.39, 0.29) is 5.91 Å². The van der Waals surface area contributed by atoms with Gasteiger partial charge in [-0.25, -0.2) is 9.50 Å². The van der Waals surface area contributed by atoms with Gasteiger partial charge in [0.1, 0.15) is 18.2 Å². The van der Waals surface area contributed by atoms with Crippen molar-refractivity contribution in [3.8, 4) is 16.9 Å². The van der Waals surface area contributed by atoms with Crippen molar-refractivity contribution in [1.29, 1.82) is 0 Å². The van der Waals surface area contributed by atoms with Crippen LogP contribution in [0.5, 0.6) is 5.75 Å². The van der Waals surface area contributed by atoms with Crippen LogP contribution in [0.3, 0.4) is 0 Å². The number of anilines is 1. The standard InChI is InChI=1S/C23H28N6O2/c30-22(7-11-27-9-1-2-10-27)28-13-8-24-21-6-12-29-23(26-21)20(17-25-29)18-4-3-5-19(16-18)31-15-14-28/h3-6,12,16-17H,1-2,7-11,13-15H2,(H,24,26). The first-order chi connectivity index (χ1) is 15.3. The van der Waals surface area contributed by atoms with Crippen molar-refractivity contribution < 1.29 is 9.53 Å². The summed E-state index contributed by atoms with van der Waals surface area (Å²) in [6.45, 7) is 5.34. The highest BCUT2D eigenvalue weighted by molar-refractivity contribution is 5.78. The summed E-state index contributed by atoms with van der Waals surface area (Å²) in [5.74, 6) is 1.75. The number of carbonyl (C=O) groups excluding carboxylic acids is 1. The van der Waals surface area contributed by atoms with E-state index in [1.807, 2.05) is 47.6 Å². The Morgan fingerprint density at radius 3 is 2.94 bits per heavy atom. The fraction of sp³-hybridized carbons (Fsp3) is 0.435. The van der Waals surface area contributed by atoms with Gasteiger partial charge in [-0.3, -0.25) is 4.79 Å². The van der Waals surface area contributed by atoms with Crippen LogP contribution in [0.2, 0.25) is 0 Å². The Balaban J connectivity index is 1.36. The van der Waals surface area contributed by atoms with Gasteiger partial charge in [0.15, 0.2) is 5.65 Å². The van der Waals surface area contributed by atoms with Crippen LogP contribution in [0.15, 0.2) is 42.7 Å². The van der Waals surface area contributed by atoms with Gasteiger partial charge in [-0.1, -0.05) is 12.1 Å². The highest BCUT2D eigenvalue weighted by Crippen LogP contribution is 2.27. The number of nitrogens with one attached hydrogen (secondary N) is 1.